The van der Waals surface area contributed by atoms with E-state index in [-0.39, 0.29) is 11.7 Å². The quantitative estimate of drug-likeness (QED) is 0.392. The summed E-state index contributed by atoms with van der Waals surface area (Å²) in [5.41, 5.74) is 6.55. The maximum Gasteiger partial charge on any atom is 0.223 e. The molecule has 2 saturated heterocycles. The Balaban J connectivity index is 1.20. The van der Waals surface area contributed by atoms with Crippen molar-refractivity contribution < 1.29 is 9.13 Å². The molecule has 2 fully saturated rings. The van der Waals surface area contributed by atoms with Crippen LogP contribution in [0, 0.1) is 11.7 Å². The topological polar surface area (TPSA) is 101 Å². The number of fused-ring (bicyclic) bond motifs is 2. The number of nitrogens with zero attached hydrogens (tertiary/aromatic N) is 4. The molecule has 0 amide bonds. The predicted molar refractivity (Wildman–Crippen MR) is 135 cm³/mol. The molecule has 0 aliphatic carbocycles. The summed E-state index contributed by atoms with van der Waals surface area (Å²) in [7, 11) is 0. The molecule has 2 aliphatic rings. The molecule has 4 aromatic rings. The van der Waals surface area contributed by atoms with E-state index in [2.05, 4.69) is 30.5 Å². The van der Waals surface area contributed by atoms with Gasteiger partial charge in [-0.15, -0.1) is 0 Å². The van der Waals surface area contributed by atoms with Crippen molar-refractivity contribution in [3.05, 3.63) is 66.7 Å². The van der Waals surface area contributed by atoms with E-state index in [1.54, 1.807) is 24.5 Å². The highest BCUT2D eigenvalue weighted by Crippen LogP contribution is 2.33. The number of nitrogen functional groups attached to an aromatic ring is 1. The fourth-order valence-corrected chi connectivity index (χ4v) is 5.02. The summed E-state index contributed by atoms with van der Waals surface area (Å²) in [5, 5.41) is 8.55. The Bertz CT molecular complexity index is 1360. The van der Waals surface area contributed by atoms with Gasteiger partial charge in [-0.2, -0.15) is 9.97 Å². The Morgan fingerprint density at radius 3 is 2.91 bits per heavy atom. The lowest BCUT2D eigenvalue weighted by Crippen LogP contribution is -2.40. The monoisotopic (exact) mass is 471 g/mol. The molecular weight excluding hydrogens is 445 g/mol. The molecule has 2 aromatic heterocycles. The van der Waals surface area contributed by atoms with Crippen molar-refractivity contribution in [3.8, 4) is 11.5 Å². The van der Waals surface area contributed by atoms with E-state index in [9.17, 15) is 4.39 Å². The third kappa shape index (κ3) is 4.42. The lowest BCUT2D eigenvalue weighted by Gasteiger charge is -2.24. The molecular formula is C26H26FN7O. The smallest absolute Gasteiger partial charge is 0.223 e. The fourth-order valence-electron chi connectivity index (χ4n) is 5.02. The molecule has 9 heteroatoms. The zero-order chi connectivity index (χ0) is 23.8. The number of hydrogen-bond donors (Lipinski definition) is 3. The standard InChI is InChI=1S/C26H26FN7O/c27-20-11-18(6-7-23(20)35-22-5-1-3-16-13-29-10-8-19(16)22)31-24-12-25(33-26(28)32-24)34-14-17-4-2-9-30-21(17)15-34/h1,3,5-8,10-13,17,21,30H,2,4,9,14-15H2,(H3,28,31,32,33)/t17-,21+/m1/s1. The minimum Gasteiger partial charge on any atom is -0.454 e. The Kier molecular flexibility index (Phi) is 5.54. The van der Waals surface area contributed by atoms with Gasteiger partial charge in [0.25, 0.3) is 0 Å². The van der Waals surface area contributed by atoms with Crippen LogP contribution in [0.25, 0.3) is 10.8 Å². The second-order valence-electron chi connectivity index (χ2n) is 9.06. The molecule has 0 saturated carbocycles. The summed E-state index contributed by atoms with van der Waals surface area (Å²) in [6.07, 6.45) is 5.87. The average Bonchev–Trinajstić information content (AvgIpc) is 3.30. The van der Waals surface area contributed by atoms with Crippen LogP contribution in [0.5, 0.6) is 11.5 Å². The first kappa shape index (κ1) is 21.5. The van der Waals surface area contributed by atoms with Crippen molar-refractivity contribution in [3.63, 3.8) is 0 Å². The van der Waals surface area contributed by atoms with E-state index in [0.717, 1.165) is 36.2 Å². The van der Waals surface area contributed by atoms with Crippen molar-refractivity contribution in [1.82, 2.24) is 20.3 Å². The molecule has 0 radical (unpaired) electrons. The first-order valence-electron chi connectivity index (χ1n) is 11.8. The summed E-state index contributed by atoms with van der Waals surface area (Å²) >= 11 is 0. The van der Waals surface area contributed by atoms with E-state index in [0.29, 0.717) is 29.2 Å². The van der Waals surface area contributed by atoms with E-state index in [4.69, 9.17) is 10.5 Å². The van der Waals surface area contributed by atoms with Crippen LogP contribution in [0.4, 0.5) is 27.7 Å². The molecule has 6 rings (SSSR count). The van der Waals surface area contributed by atoms with Gasteiger partial charge in [-0.05, 0) is 49.6 Å². The number of piperidine rings is 1. The van der Waals surface area contributed by atoms with Crippen LogP contribution in [-0.4, -0.2) is 40.6 Å². The number of hydrogen-bond acceptors (Lipinski definition) is 8. The van der Waals surface area contributed by atoms with E-state index in [1.165, 1.54) is 18.9 Å². The summed E-state index contributed by atoms with van der Waals surface area (Å²) in [6.45, 7) is 2.90. The number of ether oxygens (including phenoxy) is 1. The van der Waals surface area contributed by atoms with E-state index >= 15 is 0 Å². The fraction of sp³-hybridized carbons (Fsp3) is 0.269. The summed E-state index contributed by atoms with van der Waals surface area (Å²) in [6, 6.07) is 14.5. The molecule has 2 aromatic carbocycles. The van der Waals surface area contributed by atoms with Crippen LogP contribution in [-0.2, 0) is 0 Å². The normalized spacial score (nSPS) is 19.5. The van der Waals surface area contributed by atoms with E-state index < -0.39 is 5.82 Å². The van der Waals surface area contributed by atoms with Gasteiger partial charge in [0.2, 0.25) is 5.95 Å². The highest BCUT2D eigenvalue weighted by atomic mass is 19.1. The number of rotatable bonds is 5. The summed E-state index contributed by atoms with van der Waals surface area (Å²) < 4.78 is 20.9. The minimum atomic E-state index is -0.488. The highest BCUT2D eigenvalue weighted by molar-refractivity contribution is 5.87. The third-order valence-electron chi connectivity index (χ3n) is 6.72. The maximum atomic E-state index is 15.0. The van der Waals surface area contributed by atoms with Crippen LogP contribution in [0.2, 0.25) is 0 Å². The average molecular weight is 472 g/mol. The summed E-state index contributed by atoms with van der Waals surface area (Å²) in [5.74, 6) is 2.31. The molecule has 0 unspecified atom stereocenters. The molecule has 2 atom stereocenters. The van der Waals surface area contributed by atoms with Gasteiger partial charge in [-0.1, -0.05) is 12.1 Å². The zero-order valence-electron chi connectivity index (χ0n) is 19.1. The van der Waals surface area contributed by atoms with Gasteiger partial charge >= 0.3 is 0 Å². The second-order valence-corrected chi connectivity index (χ2v) is 9.06. The lowest BCUT2D eigenvalue weighted by atomic mass is 9.94. The van der Waals surface area contributed by atoms with Gasteiger partial charge in [0, 0.05) is 60.1 Å². The van der Waals surface area contributed by atoms with Crippen molar-refractivity contribution in [2.24, 2.45) is 5.92 Å². The number of nitrogens with one attached hydrogen (secondary N) is 2. The van der Waals surface area contributed by atoms with Crippen LogP contribution in [0.1, 0.15) is 12.8 Å². The van der Waals surface area contributed by atoms with Crippen molar-refractivity contribution >= 4 is 34.0 Å². The molecule has 178 valence electrons. The predicted octanol–water partition coefficient (Wildman–Crippen LogP) is 4.47. The summed E-state index contributed by atoms with van der Waals surface area (Å²) in [4.78, 5) is 15.1. The molecule has 8 nitrogen and oxygen atoms in total. The Labute approximate surface area is 202 Å². The first-order valence-corrected chi connectivity index (χ1v) is 11.8. The maximum absolute atomic E-state index is 15.0. The minimum absolute atomic E-state index is 0.134. The number of anilines is 4. The highest BCUT2D eigenvalue weighted by Gasteiger charge is 2.35. The van der Waals surface area contributed by atoms with Gasteiger partial charge < -0.3 is 26.0 Å². The van der Waals surface area contributed by atoms with Crippen molar-refractivity contribution in [2.75, 3.05) is 35.6 Å². The lowest BCUT2D eigenvalue weighted by molar-refractivity contribution is 0.340. The Hall–Kier alpha value is -3.98. The molecule has 0 bridgehead atoms. The SMILES string of the molecule is Nc1nc(Nc2ccc(Oc3cccc4cnccc34)c(F)c2)cc(N2C[C@H]3CCCN[C@H]3C2)n1. The number of halogens is 1. The van der Waals surface area contributed by atoms with Crippen molar-refractivity contribution in [1.29, 1.82) is 0 Å². The number of nitrogens with two attached hydrogens (primary N) is 1. The molecule has 4 heterocycles. The number of benzene rings is 2. The molecule has 4 N–H and O–H groups in total. The first-order chi connectivity index (χ1) is 17.1. The molecule has 35 heavy (non-hydrogen) atoms. The third-order valence-corrected chi connectivity index (χ3v) is 6.72. The largest absolute Gasteiger partial charge is 0.454 e. The van der Waals surface area contributed by atoms with Gasteiger partial charge in [0.1, 0.15) is 17.4 Å². The van der Waals surface area contributed by atoms with Crippen LogP contribution in [0.15, 0.2) is 60.9 Å². The molecule has 0 spiro atoms. The van der Waals surface area contributed by atoms with E-state index in [1.807, 2.05) is 30.3 Å². The Morgan fingerprint density at radius 2 is 2.03 bits per heavy atom. The van der Waals surface area contributed by atoms with Crippen LogP contribution in [0.3, 0.4) is 0 Å². The van der Waals surface area contributed by atoms with Crippen LogP contribution < -0.4 is 26.0 Å². The van der Waals surface area contributed by atoms with Gasteiger partial charge in [-0.3, -0.25) is 4.98 Å². The molecule has 2 aliphatic heterocycles. The van der Waals surface area contributed by atoms with Gasteiger partial charge in [0.15, 0.2) is 11.6 Å². The van der Waals surface area contributed by atoms with Gasteiger partial charge in [-0.25, -0.2) is 4.39 Å². The second kappa shape index (κ2) is 8.99. The Morgan fingerprint density at radius 1 is 1.09 bits per heavy atom. The zero-order valence-corrected chi connectivity index (χ0v) is 19.1. The van der Waals surface area contributed by atoms with Gasteiger partial charge in [0.05, 0.1) is 0 Å². The van der Waals surface area contributed by atoms with Crippen molar-refractivity contribution in [2.45, 2.75) is 18.9 Å². The van der Waals surface area contributed by atoms with Crippen LogP contribution >= 0.6 is 0 Å². The number of pyridine rings is 1. The number of aromatic nitrogens is 3.